The fourth-order valence-electron chi connectivity index (χ4n) is 2.46. The molecule has 0 saturated heterocycles. The van der Waals surface area contributed by atoms with E-state index in [9.17, 15) is 10.1 Å². The van der Waals surface area contributed by atoms with E-state index in [1.165, 1.54) is 11.3 Å². The highest BCUT2D eigenvalue weighted by Crippen LogP contribution is 2.19. The van der Waals surface area contributed by atoms with Crippen LogP contribution < -0.4 is 10.6 Å². The Bertz CT molecular complexity index is 816. The van der Waals surface area contributed by atoms with E-state index in [2.05, 4.69) is 40.4 Å². The average Bonchev–Trinajstić information content (AvgIpc) is 3.12. The number of allylic oxidation sites excluding steroid dienone is 1. The van der Waals surface area contributed by atoms with Gasteiger partial charge in [-0.05, 0) is 44.3 Å². The molecule has 6 nitrogen and oxygen atoms in total. The van der Waals surface area contributed by atoms with Crippen LogP contribution >= 0.6 is 11.3 Å². The second-order valence-electron chi connectivity index (χ2n) is 5.97. The molecule has 142 valence electrons. The van der Waals surface area contributed by atoms with Gasteiger partial charge in [0.1, 0.15) is 16.6 Å². The first-order valence-electron chi connectivity index (χ1n) is 8.97. The van der Waals surface area contributed by atoms with Crippen LogP contribution in [-0.4, -0.2) is 42.0 Å². The zero-order chi connectivity index (χ0) is 19.6. The van der Waals surface area contributed by atoms with E-state index in [1.54, 1.807) is 18.3 Å². The molecule has 0 atom stereocenters. The quantitative estimate of drug-likeness (QED) is 0.648. The predicted molar refractivity (Wildman–Crippen MR) is 111 cm³/mol. The summed E-state index contributed by atoms with van der Waals surface area (Å²) >= 11 is 1.44. The molecule has 2 rings (SSSR count). The van der Waals surface area contributed by atoms with Gasteiger partial charge in [0.05, 0.1) is 0 Å². The van der Waals surface area contributed by atoms with Gasteiger partial charge in [-0.25, -0.2) is 4.98 Å². The molecule has 0 aliphatic heterocycles. The summed E-state index contributed by atoms with van der Waals surface area (Å²) in [6.45, 7) is 9.54. The van der Waals surface area contributed by atoms with Gasteiger partial charge in [-0.15, -0.1) is 11.3 Å². The highest BCUT2D eigenvalue weighted by atomic mass is 32.1. The topological polar surface area (TPSA) is 81.0 Å². The lowest BCUT2D eigenvalue weighted by Gasteiger charge is -2.17. The molecule has 1 aromatic carbocycles. The smallest absolute Gasteiger partial charge is 0.251 e. The summed E-state index contributed by atoms with van der Waals surface area (Å²) in [6.07, 6.45) is 1.64. The molecular formula is C20H25N5OS. The maximum Gasteiger partial charge on any atom is 0.251 e. The number of amides is 1. The van der Waals surface area contributed by atoms with Crippen molar-refractivity contribution in [2.24, 2.45) is 0 Å². The van der Waals surface area contributed by atoms with Crippen molar-refractivity contribution in [3.05, 3.63) is 52.1 Å². The summed E-state index contributed by atoms with van der Waals surface area (Å²) in [6, 6.07) is 9.32. The fraction of sp³-hybridized carbons (Fsp3) is 0.350. The number of nitriles is 1. The maximum atomic E-state index is 12.2. The molecule has 7 heteroatoms. The van der Waals surface area contributed by atoms with E-state index in [0.717, 1.165) is 31.0 Å². The zero-order valence-corrected chi connectivity index (χ0v) is 16.8. The number of carbonyl (C=O) groups excluding carboxylic acids is 1. The molecule has 2 aromatic rings. The molecule has 0 saturated carbocycles. The van der Waals surface area contributed by atoms with Gasteiger partial charge in [0.2, 0.25) is 0 Å². The van der Waals surface area contributed by atoms with E-state index in [1.807, 2.05) is 24.4 Å². The van der Waals surface area contributed by atoms with Crippen molar-refractivity contribution in [2.75, 3.05) is 31.5 Å². The lowest BCUT2D eigenvalue weighted by molar-refractivity contribution is 0.0949. The second-order valence-corrected chi connectivity index (χ2v) is 6.83. The largest absolute Gasteiger partial charge is 0.360 e. The number of aromatic nitrogens is 1. The maximum absolute atomic E-state index is 12.2. The van der Waals surface area contributed by atoms with E-state index in [4.69, 9.17) is 0 Å². The highest BCUT2D eigenvalue weighted by Gasteiger charge is 2.07. The Morgan fingerprint density at radius 2 is 2.00 bits per heavy atom. The van der Waals surface area contributed by atoms with E-state index in [-0.39, 0.29) is 5.91 Å². The molecule has 0 aliphatic rings. The third-order valence-electron chi connectivity index (χ3n) is 4.11. The lowest BCUT2D eigenvalue weighted by Crippen LogP contribution is -2.34. The van der Waals surface area contributed by atoms with E-state index in [0.29, 0.717) is 22.7 Å². The van der Waals surface area contributed by atoms with Crippen LogP contribution in [0.4, 0.5) is 5.69 Å². The molecule has 27 heavy (non-hydrogen) atoms. The molecule has 1 heterocycles. The SMILES string of the molecule is CCN(CC)CCNC(=O)c1ccc(N/C=C(\C#N)c2nc(C)cs2)cc1. The minimum atomic E-state index is -0.0831. The number of hydrogen-bond donors (Lipinski definition) is 2. The van der Waals surface area contributed by atoms with Gasteiger partial charge < -0.3 is 15.5 Å². The van der Waals surface area contributed by atoms with E-state index < -0.39 is 0 Å². The van der Waals surface area contributed by atoms with Crippen LogP contribution in [0.15, 0.2) is 35.8 Å². The first-order chi connectivity index (χ1) is 13.1. The van der Waals surface area contributed by atoms with Crippen molar-refractivity contribution in [3.8, 4) is 6.07 Å². The minimum absolute atomic E-state index is 0.0831. The number of nitrogens with zero attached hydrogens (tertiary/aromatic N) is 3. The molecule has 0 unspecified atom stereocenters. The number of benzene rings is 1. The number of carbonyl (C=O) groups is 1. The van der Waals surface area contributed by atoms with Crippen LogP contribution in [0.25, 0.3) is 5.57 Å². The van der Waals surface area contributed by atoms with Gasteiger partial charge in [0, 0.05) is 41.6 Å². The summed E-state index contributed by atoms with van der Waals surface area (Å²) in [5.74, 6) is -0.0831. The summed E-state index contributed by atoms with van der Waals surface area (Å²) in [4.78, 5) is 18.8. The van der Waals surface area contributed by atoms with Crippen LogP contribution in [0.5, 0.6) is 0 Å². The summed E-state index contributed by atoms with van der Waals surface area (Å²) in [5.41, 5.74) is 2.79. The molecular weight excluding hydrogens is 358 g/mol. The number of hydrogen-bond acceptors (Lipinski definition) is 6. The van der Waals surface area contributed by atoms with Crippen molar-refractivity contribution in [3.63, 3.8) is 0 Å². The van der Waals surface area contributed by atoms with Crippen LogP contribution in [0.1, 0.15) is 34.9 Å². The van der Waals surface area contributed by atoms with Crippen molar-refractivity contribution in [1.82, 2.24) is 15.2 Å². The Balaban J connectivity index is 1.91. The first-order valence-corrected chi connectivity index (χ1v) is 9.85. The number of anilines is 1. The van der Waals surface area contributed by atoms with Crippen molar-refractivity contribution >= 4 is 28.5 Å². The number of nitrogens with one attached hydrogen (secondary N) is 2. The van der Waals surface area contributed by atoms with E-state index >= 15 is 0 Å². The molecule has 0 aliphatic carbocycles. The molecule has 0 bridgehead atoms. The molecule has 0 spiro atoms. The number of thiazole rings is 1. The molecule has 2 N–H and O–H groups in total. The predicted octanol–water partition coefficient (Wildman–Crippen LogP) is 3.50. The normalized spacial score (nSPS) is 11.3. The average molecular weight is 384 g/mol. The standard InChI is InChI=1S/C20H25N5OS/c1-4-25(5-2)11-10-22-19(26)16-6-8-18(9-7-16)23-13-17(12-21)20-24-15(3)14-27-20/h6-9,13-14,23H,4-5,10-11H2,1-3H3,(H,22,26)/b17-13+. The van der Waals surface area contributed by atoms with Gasteiger partial charge in [0.25, 0.3) is 5.91 Å². The first kappa shape index (κ1) is 20.6. The Morgan fingerprint density at radius 3 is 2.56 bits per heavy atom. The molecule has 1 amide bonds. The van der Waals surface area contributed by atoms with Crippen molar-refractivity contribution in [1.29, 1.82) is 5.26 Å². The Labute approximate surface area is 164 Å². The summed E-state index contributed by atoms with van der Waals surface area (Å²) in [5, 5.41) is 17.9. The summed E-state index contributed by atoms with van der Waals surface area (Å²) in [7, 11) is 0. The Morgan fingerprint density at radius 1 is 1.30 bits per heavy atom. The minimum Gasteiger partial charge on any atom is -0.360 e. The van der Waals surface area contributed by atoms with Crippen molar-refractivity contribution in [2.45, 2.75) is 20.8 Å². The lowest BCUT2D eigenvalue weighted by atomic mass is 10.2. The van der Waals surface area contributed by atoms with Gasteiger partial charge >= 0.3 is 0 Å². The van der Waals surface area contributed by atoms with Gasteiger partial charge in [-0.3, -0.25) is 4.79 Å². The molecule has 1 aromatic heterocycles. The summed E-state index contributed by atoms with van der Waals surface area (Å²) < 4.78 is 0. The molecule has 0 radical (unpaired) electrons. The van der Waals surface area contributed by atoms with Gasteiger partial charge in [-0.1, -0.05) is 13.8 Å². The Kier molecular flexibility index (Phi) is 7.99. The number of rotatable bonds is 9. The van der Waals surface area contributed by atoms with Crippen LogP contribution in [0.3, 0.4) is 0 Å². The fourth-order valence-corrected chi connectivity index (χ4v) is 3.23. The van der Waals surface area contributed by atoms with Crippen LogP contribution in [-0.2, 0) is 0 Å². The van der Waals surface area contributed by atoms with Crippen LogP contribution in [0, 0.1) is 18.3 Å². The monoisotopic (exact) mass is 383 g/mol. The van der Waals surface area contributed by atoms with Crippen molar-refractivity contribution < 1.29 is 4.79 Å². The van der Waals surface area contributed by atoms with Gasteiger partial charge in [-0.2, -0.15) is 5.26 Å². The number of likely N-dealkylation sites (N-methyl/N-ethyl adjacent to an activating group) is 1. The second kappa shape index (κ2) is 10.5. The third kappa shape index (κ3) is 6.20. The number of aryl methyl sites for hydroxylation is 1. The third-order valence-corrected chi connectivity index (χ3v) is 5.10. The van der Waals surface area contributed by atoms with Crippen LogP contribution in [0.2, 0.25) is 0 Å². The van der Waals surface area contributed by atoms with Gasteiger partial charge in [0.15, 0.2) is 0 Å². The zero-order valence-electron chi connectivity index (χ0n) is 16.0. The highest BCUT2D eigenvalue weighted by molar-refractivity contribution is 7.10. The molecule has 0 fully saturated rings. The Hall–Kier alpha value is -2.69.